The summed E-state index contributed by atoms with van der Waals surface area (Å²) in [6.45, 7) is 6.57. The predicted molar refractivity (Wildman–Crippen MR) is 88.8 cm³/mol. The summed E-state index contributed by atoms with van der Waals surface area (Å²) in [5, 5.41) is 0. The summed E-state index contributed by atoms with van der Waals surface area (Å²) in [4.78, 5) is 14.2. The predicted octanol–water partition coefficient (Wildman–Crippen LogP) is 2.10. The molecule has 124 valence electrons. The second-order valence-corrected chi connectivity index (χ2v) is 7.39. The van der Waals surface area contributed by atoms with E-state index in [1.54, 1.807) is 4.90 Å². The Morgan fingerprint density at radius 1 is 1.18 bits per heavy atom. The van der Waals surface area contributed by atoms with E-state index in [0.717, 1.165) is 11.8 Å². The van der Waals surface area contributed by atoms with Gasteiger partial charge in [-0.15, -0.1) is 0 Å². The molecule has 0 aliphatic rings. The summed E-state index contributed by atoms with van der Waals surface area (Å²) in [5.74, 6) is -0.169. The van der Waals surface area contributed by atoms with Gasteiger partial charge in [-0.05, 0) is 25.8 Å². The summed E-state index contributed by atoms with van der Waals surface area (Å²) < 4.78 is 25.1. The van der Waals surface area contributed by atoms with Gasteiger partial charge in [-0.2, -0.15) is 4.31 Å². The lowest BCUT2D eigenvalue weighted by atomic mass is 10.2. The van der Waals surface area contributed by atoms with Crippen LogP contribution in [-0.2, 0) is 21.4 Å². The molecule has 1 unspecified atom stereocenters. The van der Waals surface area contributed by atoms with Crippen molar-refractivity contribution >= 4 is 15.9 Å². The molecule has 0 saturated heterocycles. The number of nitrogens with zero attached hydrogens (tertiary/aromatic N) is 2. The van der Waals surface area contributed by atoms with E-state index in [1.807, 2.05) is 51.1 Å². The highest BCUT2D eigenvalue weighted by Crippen LogP contribution is 2.11. The van der Waals surface area contributed by atoms with Crippen LogP contribution >= 0.6 is 0 Å². The van der Waals surface area contributed by atoms with Gasteiger partial charge in [0.25, 0.3) is 0 Å². The van der Waals surface area contributed by atoms with Crippen molar-refractivity contribution in [1.29, 1.82) is 0 Å². The number of rotatable bonds is 8. The van der Waals surface area contributed by atoms with Gasteiger partial charge in [0.1, 0.15) is 0 Å². The number of hydrogen-bond donors (Lipinski definition) is 0. The molecule has 0 aliphatic heterocycles. The second kappa shape index (κ2) is 8.29. The number of carbonyl (C=O) groups excluding carboxylic acids is 1. The molecular weight excluding hydrogens is 300 g/mol. The van der Waals surface area contributed by atoms with Gasteiger partial charge in [0, 0.05) is 19.1 Å². The Hall–Kier alpha value is -1.40. The molecule has 1 rings (SSSR count). The highest BCUT2D eigenvalue weighted by atomic mass is 32.2. The molecule has 0 spiro atoms. The van der Waals surface area contributed by atoms with Gasteiger partial charge >= 0.3 is 0 Å². The van der Waals surface area contributed by atoms with Crippen LogP contribution in [0.5, 0.6) is 0 Å². The molecule has 6 heteroatoms. The lowest BCUT2D eigenvalue weighted by Crippen LogP contribution is -2.45. The number of likely N-dealkylation sites (N-methyl/N-ethyl adjacent to an activating group) is 1. The Morgan fingerprint density at radius 3 is 2.23 bits per heavy atom. The van der Waals surface area contributed by atoms with Crippen molar-refractivity contribution < 1.29 is 13.2 Å². The first-order chi connectivity index (χ1) is 10.3. The minimum atomic E-state index is -3.40. The molecule has 0 N–H and O–H groups in total. The molecule has 0 fully saturated rings. The topological polar surface area (TPSA) is 57.7 Å². The number of benzene rings is 1. The van der Waals surface area contributed by atoms with Gasteiger partial charge in [0.05, 0.1) is 12.8 Å². The molecular formula is C16H26N2O3S. The Balaban J connectivity index is 2.82. The highest BCUT2D eigenvalue weighted by Gasteiger charge is 2.26. The Kier molecular flexibility index (Phi) is 7.03. The molecule has 1 atom stereocenters. The van der Waals surface area contributed by atoms with Crippen LogP contribution in [0, 0.1) is 0 Å². The average molecular weight is 326 g/mol. The minimum Gasteiger partial charge on any atom is -0.338 e. The van der Waals surface area contributed by atoms with E-state index in [0.29, 0.717) is 19.5 Å². The van der Waals surface area contributed by atoms with Gasteiger partial charge in [-0.1, -0.05) is 37.3 Å². The SMILES string of the molecule is CCC(C)N(CC(=O)N(CC)Cc1ccccc1)S(C)(=O)=O. The van der Waals surface area contributed by atoms with Crippen LogP contribution in [0.25, 0.3) is 0 Å². The van der Waals surface area contributed by atoms with Gasteiger partial charge < -0.3 is 4.90 Å². The lowest BCUT2D eigenvalue weighted by molar-refractivity contribution is -0.132. The van der Waals surface area contributed by atoms with Crippen LogP contribution in [0.4, 0.5) is 0 Å². The van der Waals surface area contributed by atoms with Gasteiger partial charge in [-0.25, -0.2) is 8.42 Å². The maximum absolute atomic E-state index is 12.5. The fourth-order valence-corrected chi connectivity index (χ4v) is 3.36. The zero-order valence-electron chi connectivity index (χ0n) is 13.8. The van der Waals surface area contributed by atoms with Gasteiger partial charge in [-0.3, -0.25) is 4.79 Å². The third-order valence-electron chi connectivity index (χ3n) is 3.75. The zero-order valence-corrected chi connectivity index (χ0v) is 14.6. The number of amides is 1. The molecule has 1 aromatic carbocycles. The molecule has 0 heterocycles. The van der Waals surface area contributed by atoms with E-state index < -0.39 is 10.0 Å². The summed E-state index contributed by atoms with van der Waals surface area (Å²) in [7, 11) is -3.40. The number of sulfonamides is 1. The summed E-state index contributed by atoms with van der Waals surface area (Å²) in [6.07, 6.45) is 1.82. The largest absolute Gasteiger partial charge is 0.338 e. The average Bonchev–Trinajstić information content (AvgIpc) is 2.49. The summed E-state index contributed by atoms with van der Waals surface area (Å²) in [5.41, 5.74) is 1.03. The molecule has 5 nitrogen and oxygen atoms in total. The van der Waals surface area contributed by atoms with Gasteiger partial charge in [0.15, 0.2) is 0 Å². The van der Waals surface area contributed by atoms with Crippen LogP contribution in [0.3, 0.4) is 0 Å². The van der Waals surface area contributed by atoms with E-state index in [2.05, 4.69) is 0 Å². The third-order valence-corrected chi connectivity index (χ3v) is 5.09. The fourth-order valence-electron chi connectivity index (χ4n) is 2.22. The molecule has 0 aliphatic carbocycles. The van der Waals surface area contributed by atoms with E-state index in [9.17, 15) is 13.2 Å². The fraction of sp³-hybridized carbons (Fsp3) is 0.562. The zero-order chi connectivity index (χ0) is 16.8. The van der Waals surface area contributed by atoms with Crippen LogP contribution < -0.4 is 0 Å². The van der Waals surface area contributed by atoms with E-state index in [4.69, 9.17) is 0 Å². The van der Waals surface area contributed by atoms with Crippen molar-refractivity contribution in [2.75, 3.05) is 19.3 Å². The standard InChI is InChI=1S/C16H26N2O3S/c1-5-14(3)18(22(4,20)21)13-16(19)17(6-2)12-15-10-8-7-9-11-15/h7-11,14H,5-6,12-13H2,1-4H3. The Morgan fingerprint density at radius 2 is 1.77 bits per heavy atom. The van der Waals surface area contributed by atoms with Crippen molar-refractivity contribution in [3.63, 3.8) is 0 Å². The highest BCUT2D eigenvalue weighted by molar-refractivity contribution is 7.88. The number of hydrogen-bond acceptors (Lipinski definition) is 3. The van der Waals surface area contributed by atoms with Crippen LogP contribution in [0.1, 0.15) is 32.8 Å². The number of carbonyl (C=O) groups is 1. The van der Waals surface area contributed by atoms with Crippen LogP contribution in [0.15, 0.2) is 30.3 Å². The van der Waals surface area contributed by atoms with Gasteiger partial charge in [0.2, 0.25) is 15.9 Å². The molecule has 0 saturated carbocycles. The maximum atomic E-state index is 12.5. The molecule has 0 aromatic heterocycles. The molecule has 0 radical (unpaired) electrons. The van der Waals surface area contributed by atoms with Crippen LogP contribution in [-0.4, -0.2) is 48.9 Å². The molecule has 0 bridgehead atoms. The van der Waals surface area contributed by atoms with Crippen LogP contribution in [0.2, 0.25) is 0 Å². The van der Waals surface area contributed by atoms with E-state index in [1.165, 1.54) is 4.31 Å². The molecule has 1 amide bonds. The minimum absolute atomic E-state index is 0.103. The summed E-state index contributed by atoms with van der Waals surface area (Å²) >= 11 is 0. The summed E-state index contributed by atoms with van der Waals surface area (Å²) in [6, 6.07) is 9.51. The molecule has 1 aromatic rings. The normalized spacial score (nSPS) is 13.1. The van der Waals surface area contributed by atoms with E-state index >= 15 is 0 Å². The lowest BCUT2D eigenvalue weighted by Gasteiger charge is -2.29. The van der Waals surface area contributed by atoms with Crippen molar-refractivity contribution in [2.45, 2.75) is 39.8 Å². The smallest absolute Gasteiger partial charge is 0.238 e. The first-order valence-electron chi connectivity index (χ1n) is 7.58. The monoisotopic (exact) mass is 326 g/mol. The molecule has 22 heavy (non-hydrogen) atoms. The quantitative estimate of drug-likeness (QED) is 0.735. The third kappa shape index (κ3) is 5.42. The van der Waals surface area contributed by atoms with Crippen molar-refractivity contribution in [3.05, 3.63) is 35.9 Å². The maximum Gasteiger partial charge on any atom is 0.238 e. The Bertz CT molecular complexity index is 572. The van der Waals surface area contributed by atoms with Crippen molar-refractivity contribution in [1.82, 2.24) is 9.21 Å². The second-order valence-electron chi connectivity index (χ2n) is 5.46. The van der Waals surface area contributed by atoms with Crippen molar-refractivity contribution in [3.8, 4) is 0 Å². The van der Waals surface area contributed by atoms with Crippen molar-refractivity contribution in [2.24, 2.45) is 0 Å². The van der Waals surface area contributed by atoms with E-state index in [-0.39, 0.29) is 18.5 Å². The first-order valence-corrected chi connectivity index (χ1v) is 9.42. The first kappa shape index (κ1) is 18.6. The Labute approximate surface area is 134 Å².